The summed E-state index contributed by atoms with van der Waals surface area (Å²) in [6.07, 6.45) is 4.35. The first-order valence-electron chi connectivity index (χ1n) is 10.4. The highest BCUT2D eigenvalue weighted by Crippen LogP contribution is 2.35. The largest absolute Gasteiger partial charge is 0.480 e. The monoisotopic (exact) mass is 467 g/mol. The Balaban J connectivity index is 1.86. The van der Waals surface area contributed by atoms with Crippen molar-refractivity contribution in [1.82, 2.24) is 9.97 Å². The number of morpholine rings is 1. The number of ether oxygens (including phenoxy) is 2. The number of hydrogen-bond acceptors (Lipinski definition) is 8. The second-order valence-electron chi connectivity index (χ2n) is 8.18. The molecule has 0 amide bonds. The summed E-state index contributed by atoms with van der Waals surface area (Å²) in [4.78, 5) is 10.9. The number of methoxy groups -OCH3 is 1. The third-order valence-corrected chi connectivity index (χ3v) is 5.96. The van der Waals surface area contributed by atoms with Gasteiger partial charge in [0.15, 0.2) is 0 Å². The average molecular weight is 468 g/mol. The Morgan fingerprint density at radius 1 is 1.15 bits per heavy atom. The Hall–Kier alpha value is -3.42. The van der Waals surface area contributed by atoms with Gasteiger partial charge in [0.25, 0.3) is 0 Å². The summed E-state index contributed by atoms with van der Waals surface area (Å²) in [6.45, 7) is 5.36. The molecule has 10 heteroatoms. The van der Waals surface area contributed by atoms with Crippen LogP contribution in [0.2, 0.25) is 0 Å². The Morgan fingerprint density at radius 2 is 1.88 bits per heavy atom. The molecule has 3 aromatic rings. The minimum absolute atomic E-state index is 0.0297. The van der Waals surface area contributed by atoms with Gasteiger partial charge in [0.05, 0.1) is 42.3 Å². The molecule has 0 saturated carbocycles. The van der Waals surface area contributed by atoms with Gasteiger partial charge in [-0.05, 0) is 37.6 Å². The SMILES string of the molecule is COc1ncc(-c2ccc3ncc(C#N)c(N4C[C@@H](C)O[C@@H](C)C4)c3c2)cc1NS(C)(=O)=O. The Kier molecular flexibility index (Phi) is 6.10. The topological polar surface area (TPSA) is 117 Å². The first-order chi connectivity index (χ1) is 15.7. The van der Waals surface area contributed by atoms with E-state index in [4.69, 9.17) is 9.47 Å². The molecule has 1 saturated heterocycles. The van der Waals surface area contributed by atoms with Crippen LogP contribution in [0, 0.1) is 11.3 Å². The lowest BCUT2D eigenvalue weighted by Gasteiger charge is -2.37. The molecule has 1 aromatic carbocycles. The summed E-state index contributed by atoms with van der Waals surface area (Å²) in [6, 6.07) is 9.68. The zero-order valence-corrected chi connectivity index (χ0v) is 19.7. The maximum absolute atomic E-state index is 11.8. The van der Waals surface area contributed by atoms with Crippen molar-refractivity contribution < 1.29 is 17.9 Å². The Morgan fingerprint density at radius 3 is 2.52 bits per heavy atom. The van der Waals surface area contributed by atoms with Gasteiger partial charge in [0.1, 0.15) is 11.8 Å². The molecule has 0 radical (unpaired) electrons. The molecule has 0 bridgehead atoms. The van der Waals surface area contributed by atoms with E-state index in [0.717, 1.165) is 28.4 Å². The molecule has 1 aliphatic rings. The summed E-state index contributed by atoms with van der Waals surface area (Å²) in [5.74, 6) is 0.176. The average Bonchev–Trinajstić information content (AvgIpc) is 2.76. The van der Waals surface area contributed by atoms with E-state index in [-0.39, 0.29) is 23.8 Å². The molecule has 9 nitrogen and oxygen atoms in total. The summed E-state index contributed by atoms with van der Waals surface area (Å²) in [7, 11) is -2.09. The van der Waals surface area contributed by atoms with Gasteiger partial charge in [-0.15, -0.1) is 0 Å². The second-order valence-corrected chi connectivity index (χ2v) is 9.93. The van der Waals surface area contributed by atoms with Crippen LogP contribution in [0.3, 0.4) is 0 Å². The summed E-state index contributed by atoms with van der Waals surface area (Å²) in [5.41, 5.74) is 3.83. The van der Waals surface area contributed by atoms with Crippen LogP contribution in [-0.2, 0) is 14.8 Å². The van der Waals surface area contributed by atoms with Gasteiger partial charge < -0.3 is 14.4 Å². The fraction of sp³-hybridized carbons (Fsp3) is 0.348. The number of hydrogen-bond donors (Lipinski definition) is 1. The molecule has 0 unspecified atom stereocenters. The number of anilines is 2. The number of rotatable bonds is 5. The first-order valence-corrected chi connectivity index (χ1v) is 12.3. The lowest BCUT2D eigenvalue weighted by atomic mass is 10.0. The van der Waals surface area contributed by atoms with Crippen molar-refractivity contribution in [2.75, 3.05) is 36.1 Å². The predicted molar refractivity (Wildman–Crippen MR) is 127 cm³/mol. The predicted octanol–water partition coefficient (Wildman–Crippen LogP) is 3.16. The summed E-state index contributed by atoms with van der Waals surface area (Å²) < 4.78 is 37.1. The molecule has 2 aromatic heterocycles. The van der Waals surface area contributed by atoms with E-state index in [2.05, 4.69) is 25.7 Å². The highest BCUT2D eigenvalue weighted by molar-refractivity contribution is 7.92. The molecule has 172 valence electrons. The van der Waals surface area contributed by atoms with Crippen LogP contribution in [0.1, 0.15) is 19.4 Å². The first kappa shape index (κ1) is 22.8. The van der Waals surface area contributed by atoms with E-state index in [0.29, 0.717) is 24.2 Å². The van der Waals surface area contributed by atoms with Crippen LogP contribution >= 0.6 is 0 Å². The molecular weight excluding hydrogens is 442 g/mol. The number of aromatic nitrogens is 2. The molecule has 33 heavy (non-hydrogen) atoms. The number of nitriles is 1. The molecule has 2 atom stereocenters. The van der Waals surface area contributed by atoms with Crippen LogP contribution in [-0.4, -0.2) is 57.0 Å². The van der Waals surface area contributed by atoms with Crippen LogP contribution in [0.5, 0.6) is 5.88 Å². The maximum atomic E-state index is 11.8. The molecule has 1 aliphatic heterocycles. The zero-order valence-electron chi connectivity index (χ0n) is 18.9. The van der Waals surface area contributed by atoms with Crippen molar-refractivity contribution in [3.63, 3.8) is 0 Å². The third kappa shape index (κ3) is 4.84. The highest BCUT2D eigenvalue weighted by Gasteiger charge is 2.26. The lowest BCUT2D eigenvalue weighted by molar-refractivity contribution is -0.00514. The minimum atomic E-state index is -3.52. The molecule has 4 rings (SSSR count). The molecule has 1 N–H and O–H groups in total. The van der Waals surface area contributed by atoms with Gasteiger partial charge in [-0.2, -0.15) is 5.26 Å². The Labute approximate surface area is 193 Å². The number of nitrogens with one attached hydrogen (secondary N) is 1. The number of nitrogens with zero attached hydrogens (tertiary/aromatic N) is 4. The maximum Gasteiger partial charge on any atom is 0.238 e. The zero-order chi connectivity index (χ0) is 23.8. The molecule has 0 aliphatic carbocycles. The van der Waals surface area contributed by atoms with E-state index >= 15 is 0 Å². The molecular formula is C23H25N5O4S. The van der Waals surface area contributed by atoms with Crippen molar-refractivity contribution in [2.45, 2.75) is 26.1 Å². The lowest BCUT2D eigenvalue weighted by Crippen LogP contribution is -2.45. The van der Waals surface area contributed by atoms with Crippen molar-refractivity contribution in [3.05, 3.63) is 42.2 Å². The summed E-state index contributed by atoms with van der Waals surface area (Å²) in [5, 5.41) is 10.6. The van der Waals surface area contributed by atoms with Crippen molar-refractivity contribution in [2.24, 2.45) is 0 Å². The molecule has 1 fully saturated rings. The van der Waals surface area contributed by atoms with Crippen molar-refractivity contribution in [1.29, 1.82) is 5.26 Å². The quantitative estimate of drug-likeness (QED) is 0.608. The normalized spacial score (nSPS) is 18.7. The standard InChI is InChI=1S/C23H25N5O4S/c1-14-12-28(13-15(2)32-14)22-18(9-24)11-25-20-6-5-16(7-19(20)22)17-8-21(27-33(4,29)30)23(31-3)26-10-17/h5-8,10-11,14-15,27H,12-13H2,1-4H3/t14-,15+. The van der Waals surface area contributed by atoms with E-state index in [1.54, 1.807) is 18.5 Å². The van der Waals surface area contributed by atoms with E-state index in [1.807, 2.05) is 32.0 Å². The number of benzene rings is 1. The fourth-order valence-electron chi connectivity index (χ4n) is 4.19. The summed E-state index contributed by atoms with van der Waals surface area (Å²) >= 11 is 0. The molecule has 3 heterocycles. The van der Waals surface area contributed by atoms with Gasteiger partial charge in [-0.25, -0.2) is 13.4 Å². The van der Waals surface area contributed by atoms with Gasteiger partial charge in [0, 0.05) is 36.4 Å². The number of sulfonamides is 1. The van der Waals surface area contributed by atoms with Crippen molar-refractivity contribution >= 4 is 32.3 Å². The molecule has 0 spiro atoms. The van der Waals surface area contributed by atoms with Crippen LogP contribution in [0.15, 0.2) is 36.7 Å². The van der Waals surface area contributed by atoms with Gasteiger partial charge in [0.2, 0.25) is 15.9 Å². The van der Waals surface area contributed by atoms with Gasteiger partial charge in [-0.1, -0.05) is 6.07 Å². The van der Waals surface area contributed by atoms with Crippen LogP contribution in [0.25, 0.3) is 22.0 Å². The van der Waals surface area contributed by atoms with E-state index < -0.39 is 10.0 Å². The van der Waals surface area contributed by atoms with E-state index in [1.165, 1.54) is 7.11 Å². The van der Waals surface area contributed by atoms with Gasteiger partial charge in [-0.3, -0.25) is 9.71 Å². The fourth-order valence-corrected chi connectivity index (χ4v) is 4.73. The van der Waals surface area contributed by atoms with Crippen molar-refractivity contribution in [3.8, 4) is 23.1 Å². The van der Waals surface area contributed by atoms with Crippen LogP contribution in [0.4, 0.5) is 11.4 Å². The third-order valence-electron chi connectivity index (χ3n) is 5.37. The Bertz CT molecular complexity index is 1340. The number of fused-ring (bicyclic) bond motifs is 1. The van der Waals surface area contributed by atoms with E-state index in [9.17, 15) is 13.7 Å². The second kappa shape index (κ2) is 8.84. The number of pyridine rings is 2. The smallest absolute Gasteiger partial charge is 0.238 e. The minimum Gasteiger partial charge on any atom is -0.480 e. The highest BCUT2D eigenvalue weighted by atomic mass is 32.2. The van der Waals surface area contributed by atoms with Gasteiger partial charge >= 0.3 is 0 Å². The van der Waals surface area contributed by atoms with Crippen LogP contribution < -0.4 is 14.4 Å².